The molecule has 0 aliphatic carbocycles. The van der Waals surface area contributed by atoms with Crippen LogP contribution in [0.15, 0.2) is 78.9 Å². The van der Waals surface area contributed by atoms with Gasteiger partial charge in [0.05, 0.1) is 25.9 Å². The molecule has 0 saturated carbocycles. The summed E-state index contributed by atoms with van der Waals surface area (Å²) in [6, 6.07) is 22.4. The standard InChI is InChI=1S/C38H47N3O8/c1-38(2,3)49-35(44)32-14-9-19-41(32)23-30-22-33(27-17-15-26(24-42)16-18-27)48-36(47-30)28-12-8-13-29(21-28)39-37(45)40-31(34(43)46-4)20-25-10-6-5-7-11-25/h5-8,10-13,15-18,21,30-33,36,42H,9,14,19-20,22-24H2,1-4H3,(H2,39,40,45)/t30-,31-,32-,33+,36+/m0/s1. The van der Waals surface area contributed by atoms with E-state index in [0.717, 1.165) is 36.1 Å². The van der Waals surface area contributed by atoms with Crippen LogP contribution in [-0.4, -0.2) is 72.0 Å². The van der Waals surface area contributed by atoms with Gasteiger partial charge < -0.3 is 34.7 Å². The number of rotatable bonds is 11. The Morgan fingerprint density at radius 3 is 2.41 bits per heavy atom. The molecule has 2 fully saturated rings. The first-order valence-corrected chi connectivity index (χ1v) is 16.8. The zero-order chi connectivity index (χ0) is 35.0. The van der Waals surface area contributed by atoms with Gasteiger partial charge in [0.2, 0.25) is 0 Å². The van der Waals surface area contributed by atoms with Crippen molar-refractivity contribution in [1.82, 2.24) is 10.2 Å². The molecular weight excluding hydrogens is 626 g/mol. The van der Waals surface area contributed by atoms with Crippen molar-refractivity contribution in [3.8, 4) is 0 Å². The third-order valence-electron chi connectivity index (χ3n) is 8.59. The summed E-state index contributed by atoms with van der Waals surface area (Å²) in [5, 5.41) is 15.1. The number of aliphatic hydroxyl groups excluding tert-OH is 1. The van der Waals surface area contributed by atoms with E-state index >= 15 is 0 Å². The third-order valence-corrected chi connectivity index (χ3v) is 8.59. The smallest absolute Gasteiger partial charge is 0.328 e. The van der Waals surface area contributed by atoms with Crippen LogP contribution in [0.25, 0.3) is 0 Å². The van der Waals surface area contributed by atoms with Gasteiger partial charge in [0.1, 0.15) is 17.7 Å². The maximum Gasteiger partial charge on any atom is 0.328 e. The van der Waals surface area contributed by atoms with Gasteiger partial charge in [-0.3, -0.25) is 9.69 Å². The topological polar surface area (TPSA) is 136 Å². The van der Waals surface area contributed by atoms with Crippen molar-refractivity contribution in [3.63, 3.8) is 0 Å². The summed E-state index contributed by atoms with van der Waals surface area (Å²) in [7, 11) is 1.29. The lowest BCUT2D eigenvalue weighted by molar-refractivity contribution is -0.253. The number of nitrogens with zero attached hydrogens (tertiary/aromatic N) is 1. The van der Waals surface area contributed by atoms with Crippen LogP contribution < -0.4 is 10.6 Å². The fourth-order valence-electron chi connectivity index (χ4n) is 6.25. The molecule has 0 aromatic heterocycles. The highest BCUT2D eigenvalue weighted by molar-refractivity contribution is 5.92. The van der Waals surface area contributed by atoms with Crippen LogP contribution in [-0.2, 0) is 41.6 Å². The van der Waals surface area contributed by atoms with E-state index in [1.165, 1.54) is 7.11 Å². The minimum Gasteiger partial charge on any atom is -0.467 e. The molecule has 2 saturated heterocycles. The Bertz CT molecular complexity index is 1560. The summed E-state index contributed by atoms with van der Waals surface area (Å²) in [6.07, 6.45) is 1.09. The number of amides is 2. The molecule has 2 aliphatic rings. The Morgan fingerprint density at radius 2 is 1.71 bits per heavy atom. The summed E-state index contributed by atoms with van der Waals surface area (Å²) >= 11 is 0. The van der Waals surface area contributed by atoms with Gasteiger partial charge in [-0.05, 0) is 69.0 Å². The number of carbonyl (C=O) groups excluding carboxylic acids is 3. The first-order chi connectivity index (χ1) is 23.5. The van der Waals surface area contributed by atoms with E-state index in [2.05, 4.69) is 15.5 Å². The summed E-state index contributed by atoms with van der Waals surface area (Å²) in [6.45, 7) is 6.84. The summed E-state index contributed by atoms with van der Waals surface area (Å²) in [5.74, 6) is -0.771. The number of nitrogens with one attached hydrogen (secondary N) is 2. The Labute approximate surface area is 287 Å². The van der Waals surface area contributed by atoms with Gasteiger partial charge in [-0.25, -0.2) is 9.59 Å². The van der Waals surface area contributed by atoms with Crippen molar-refractivity contribution in [2.75, 3.05) is 25.5 Å². The van der Waals surface area contributed by atoms with E-state index in [4.69, 9.17) is 18.9 Å². The van der Waals surface area contributed by atoms with Crippen LogP contribution in [0.1, 0.15) is 74.7 Å². The molecule has 2 heterocycles. The molecule has 5 atom stereocenters. The number of esters is 2. The van der Waals surface area contributed by atoms with Crippen LogP contribution in [0.5, 0.6) is 0 Å². The molecule has 11 heteroatoms. The monoisotopic (exact) mass is 673 g/mol. The molecule has 3 N–H and O–H groups in total. The maximum absolute atomic E-state index is 13.1. The Balaban J connectivity index is 1.31. The fraction of sp³-hybridized carbons (Fsp3) is 0.447. The number of methoxy groups -OCH3 is 1. The lowest BCUT2D eigenvalue weighted by Gasteiger charge is -2.38. The molecule has 49 heavy (non-hydrogen) atoms. The average molecular weight is 674 g/mol. The highest BCUT2D eigenvalue weighted by atomic mass is 16.7. The predicted octanol–water partition coefficient (Wildman–Crippen LogP) is 5.44. The van der Waals surface area contributed by atoms with Gasteiger partial charge >= 0.3 is 18.0 Å². The van der Waals surface area contributed by atoms with E-state index in [0.29, 0.717) is 24.2 Å². The SMILES string of the molecule is COC(=O)[C@H](Cc1ccccc1)NC(=O)Nc1cccc([C@@H]2O[C@H](CN3CCC[C@H]3C(=O)OC(C)(C)C)C[C@H](c3ccc(CO)cc3)O2)c1. The second kappa shape index (κ2) is 16.4. The molecular formula is C38H47N3O8. The van der Waals surface area contributed by atoms with Crippen LogP contribution in [0.2, 0.25) is 0 Å². The van der Waals surface area contributed by atoms with Crippen LogP contribution in [0, 0.1) is 0 Å². The zero-order valence-electron chi connectivity index (χ0n) is 28.6. The van der Waals surface area contributed by atoms with Crippen molar-refractivity contribution >= 4 is 23.7 Å². The quantitative estimate of drug-likeness (QED) is 0.228. The first kappa shape index (κ1) is 36.0. The van der Waals surface area contributed by atoms with Gasteiger partial charge in [-0.2, -0.15) is 0 Å². The number of likely N-dealkylation sites (tertiary alicyclic amines) is 1. The largest absolute Gasteiger partial charge is 0.467 e. The molecule has 0 unspecified atom stereocenters. The zero-order valence-corrected chi connectivity index (χ0v) is 28.6. The van der Waals surface area contributed by atoms with E-state index in [9.17, 15) is 19.5 Å². The fourth-order valence-corrected chi connectivity index (χ4v) is 6.25. The van der Waals surface area contributed by atoms with E-state index in [-0.39, 0.29) is 37.2 Å². The van der Waals surface area contributed by atoms with E-state index < -0.39 is 29.9 Å². The van der Waals surface area contributed by atoms with Crippen molar-refractivity contribution in [2.24, 2.45) is 0 Å². The molecule has 2 aliphatic heterocycles. The Morgan fingerprint density at radius 1 is 0.959 bits per heavy atom. The normalized spacial score (nSPS) is 21.8. The van der Waals surface area contributed by atoms with E-state index in [1.54, 1.807) is 18.2 Å². The number of carbonyl (C=O) groups is 3. The minimum absolute atomic E-state index is 0.0544. The molecule has 262 valence electrons. The van der Waals surface area contributed by atoms with Crippen LogP contribution in [0.4, 0.5) is 10.5 Å². The van der Waals surface area contributed by atoms with E-state index in [1.807, 2.05) is 81.4 Å². The molecule has 0 spiro atoms. The van der Waals surface area contributed by atoms with Crippen LogP contribution >= 0.6 is 0 Å². The number of anilines is 1. The minimum atomic E-state index is -0.880. The molecule has 0 radical (unpaired) electrons. The molecule has 3 aromatic rings. The summed E-state index contributed by atoms with van der Waals surface area (Å²) in [4.78, 5) is 40.8. The molecule has 3 aromatic carbocycles. The number of hydrogen-bond acceptors (Lipinski definition) is 9. The van der Waals surface area contributed by atoms with Crippen molar-refractivity contribution < 1.29 is 38.4 Å². The number of urea groups is 1. The Kier molecular flexibility index (Phi) is 12.1. The highest BCUT2D eigenvalue weighted by Crippen LogP contribution is 2.39. The predicted molar refractivity (Wildman–Crippen MR) is 183 cm³/mol. The second-order valence-corrected chi connectivity index (χ2v) is 13.5. The van der Waals surface area contributed by atoms with Gasteiger partial charge in [-0.15, -0.1) is 0 Å². The van der Waals surface area contributed by atoms with Gasteiger partial charge in [0.25, 0.3) is 0 Å². The Hall–Kier alpha value is -4.29. The molecule has 11 nitrogen and oxygen atoms in total. The summed E-state index contributed by atoms with van der Waals surface area (Å²) < 4.78 is 23.7. The summed E-state index contributed by atoms with van der Waals surface area (Å²) in [5.41, 5.74) is 3.24. The van der Waals surface area contributed by atoms with Crippen molar-refractivity contribution in [2.45, 2.75) is 89.2 Å². The van der Waals surface area contributed by atoms with Crippen molar-refractivity contribution in [3.05, 3.63) is 101 Å². The third kappa shape index (κ3) is 10.1. The number of benzene rings is 3. The lowest BCUT2D eigenvalue weighted by atomic mass is 9.99. The number of aliphatic hydroxyl groups is 1. The van der Waals surface area contributed by atoms with Crippen LogP contribution in [0.3, 0.4) is 0 Å². The number of ether oxygens (including phenoxy) is 4. The van der Waals surface area contributed by atoms with Crippen molar-refractivity contribution in [1.29, 1.82) is 0 Å². The van der Waals surface area contributed by atoms with Gasteiger partial charge in [0.15, 0.2) is 6.29 Å². The first-order valence-electron chi connectivity index (χ1n) is 16.8. The second-order valence-electron chi connectivity index (χ2n) is 13.5. The maximum atomic E-state index is 13.1. The molecule has 2 amide bonds. The lowest BCUT2D eigenvalue weighted by Crippen LogP contribution is -2.45. The highest BCUT2D eigenvalue weighted by Gasteiger charge is 2.39. The average Bonchev–Trinajstić information content (AvgIpc) is 3.55. The van der Waals surface area contributed by atoms with Gasteiger partial charge in [-0.1, -0.05) is 66.7 Å². The molecule has 5 rings (SSSR count). The van der Waals surface area contributed by atoms with Gasteiger partial charge in [0, 0.05) is 30.6 Å². The molecule has 0 bridgehead atoms. The number of hydrogen-bond donors (Lipinski definition) is 3.